The Kier molecular flexibility index (Phi) is 3.54. The summed E-state index contributed by atoms with van der Waals surface area (Å²) in [5, 5.41) is 19.6. The van der Waals surface area contributed by atoms with Crippen molar-refractivity contribution in [2.24, 2.45) is 0 Å². The summed E-state index contributed by atoms with van der Waals surface area (Å²) in [6.45, 7) is 0. The summed E-state index contributed by atoms with van der Waals surface area (Å²) in [7, 11) is 2.96. The third kappa shape index (κ3) is 2.14. The van der Waals surface area contributed by atoms with Crippen LogP contribution < -0.4 is 14.4 Å². The van der Waals surface area contributed by atoms with Crippen LogP contribution in [-0.2, 0) is 0 Å². The molecule has 1 unspecified atom stereocenters. The standard InChI is InChI=1S/C17H14N2O4/c1-22-10-7-11-16(15(8-10)23-2)13(9-18)19(17(11)21)12-5-3-4-6-14(12)20/h3-8,13,20H,1-2H3. The zero-order valence-corrected chi connectivity index (χ0v) is 12.6. The highest BCUT2D eigenvalue weighted by atomic mass is 16.5. The fourth-order valence-electron chi connectivity index (χ4n) is 2.76. The van der Waals surface area contributed by atoms with E-state index >= 15 is 0 Å². The number of rotatable bonds is 3. The van der Waals surface area contributed by atoms with Crippen molar-refractivity contribution < 1.29 is 19.4 Å². The Hall–Kier alpha value is -3.20. The topological polar surface area (TPSA) is 82.8 Å². The number of benzene rings is 2. The molecule has 2 aromatic rings. The van der Waals surface area contributed by atoms with Crippen LogP contribution in [0.5, 0.6) is 17.2 Å². The van der Waals surface area contributed by atoms with Crippen LogP contribution in [0.25, 0.3) is 0 Å². The number of ether oxygens (including phenoxy) is 2. The summed E-state index contributed by atoms with van der Waals surface area (Å²) in [6.07, 6.45) is 0. The molecule has 6 heteroatoms. The number of hydrogen-bond donors (Lipinski definition) is 1. The average Bonchev–Trinajstić information content (AvgIpc) is 2.86. The fourth-order valence-corrected chi connectivity index (χ4v) is 2.76. The van der Waals surface area contributed by atoms with Gasteiger partial charge in [-0.3, -0.25) is 9.69 Å². The number of carbonyl (C=O) groups excluding carboxylic acids is 1. The molecule has 0 bridgehead atoms. The highest BCUT2D eigenvalue weighted by molar-refractivity contribution is 6.13. The van der Waals surface area contributed by atoms with Crippen molar-refractivity contribution in [2.45, 2.75) is 6.04 Å². The molecule has 0 spiro atoms. The first-order valence-electron chi connectivity index (χ1n) is 6.89. The van der Waals surface area contributed by atoms with Crippen molar-refractivity contribution in [3.8, 4) is 23.3 Å². The van der Waals surface area contributed by atoms with E-state index in [1.54, 1.807) is 30.3 Å². The van der Waals surface area contributed by atoms with Crippen molar-refractivity contribution in [2.75, 3.05) is 19.1 Å². The summed E-state index contributed by atoms with van der Waals surface area (Å²) in [4.78, 5) is 14.1. The molecule has 0 radical (unpaired) electrons. The van der Waals surface area contributed by atoms with Gasteiger partial charge in [-0.2, -0.15) is 5.26 Å². The van der Waals surface area contributed by atoms with Crippen molar-refractivity contribution in [3.63, 3.8) is 0 Å². The van der Waals surface area contributed by atoms with Gasteiger partial charge in [-0.25, -0.2) is 0 Å². The van der Waals surface area contributed by atoms with Crippen LogP contribution >= 0.6 is 0 Å². The molecule has 1 heterocycles. The van der Waals surface area contributed by atoms with Crippen LogP contribution in [0.1, 0.15) is 22.0 Å². The van der Waals surface area contributed by atoms with Crippen LogP contribution in [0.4, 0.5) is 5.69 Å². The maximum atomic E-state index is 12.8. The lowest BCUT2D eigenvalue weighted by molar-refractivity contribution is 0.0993. The van der Waals surface area contributed by atoms with Crippen LogP contribution in [0.15, 0.2) is 36.4 Å². The molecule has 1 atom stereocenters. The molecule has 0 aliphatic carbocycles. The van der Waals surface area contributed by atoms with Crippen LogP contribution in [-0.4, -0.2) is 25.2 Å². The zero-order chi connectivity index (χ0) is 16.6. The second kappa shape index (κ2) is 5.54. The third-order valence-corrected chi connectivity index (χ3v) is 3.82. The van der Waals surface area contributed by atoms with Crippen LogP contribution in [0.3, 0.4) is 0 Å². The summed E-state index contributed by atoms with van der Waals surface area (Å²) >= 11 is 0. The molecule has 0 aromatic heterocycles. The van der Waals surface area contributed by atoms with Gasteiger partial charge in [0.1, 0.15) is 17.2 Å². The number of phenolic OH excluding ortho intramolecular Hbond substituents is 1. The molecule has 0 saturated heterocycles. The van der Waals surface area contributed by atoms with Gasteiger partial charge in [0.25, 0.3) is 5.91 Å². The molecule has 0 saturated carbocycles. The van der Waals surface area contributed by atoms with Gasteiger partial charge in [-0.1, -0.05) is 12.1 Å². The number of nitriles is 1. The maximum Gasteiger partial charge on any atom is 0.260 e. The van der Waals surface area contributed by atoms with Crippen molar-refractivity contribution in [1.82, 2.24) is 0 Å². The summed E-state index contributed by atoms with van der Waals surface area (Å²) in [5.74, 6) is 0.409. The van der Waals surface area contributed by atoms with Gasteiger partial charge in [0.2, 0.25) is 0 Å². The van der Waals surface area contributed by atoms with Gasteiger partial charge in [0, 0.05) is 11.6 Å². The lowest BCUT2D eigenvalue weighted by Crippen LogP contribution is -2.27. The number of para-hydroxylation sites is 2. The smallest absolute Gasteiger partial charge is 0.260 e. The number of phenols is 1. The first-order chi connectivity index (χ1) is 11.1. The number of nitrogens with zero attached hydrogens (tertiary/aromatic N) is 2. The molecule has 23 heavy (non-hydrogen) atoms. The molecular weight excluding hydrogens is 296 g/mol. The molecule has 2 aromatic carbocycles. The fraction of sp³-hybridized carbons (Fsp3) is 0.176. The van der Waals surface area contributed by atoms with Crippen molar-refractivity contribution in [1.29, 1.82) is 5.26 Å². The summed E-state index contributed by atoms with van der Waals surface area (Å²) < 4.78 is 10.5. The number of aromatic hydroxyl groups is 1. The molecule has 1 aliphatic heterocycles. The minimum absolute atomic E-state index is 0.0696. The second-order valence-electron chi connectivity index (χ2n) is 4.99. The number of fused-ring (bicyclic) bond motifs is 1. The van der Waals surface area contributed by atoms with Crippen molar-refractivity contribution in [3.05, 3.63) is 47.5 Å². The normalized spacial score (nSPS) is 16.0. The van der Waals surface area contributed by atoms with E-state index < -0.39 is 6.04 Å². The molecular formula is C17H14N2O4. The van der Waals surface area contributed by atoms with E-state index in [9.17, 15) is 15.2 Å². The van der Waals surface area contributed by atoms with Gasteiger partial charge in [0.05, 0.1) is 31.5 Å². The number of amides is 1. The molecule has 3 rings (SSSR count). The van der Waals surface area contributed by atoms with Gasteiger partial charge in [0.15, 0.2) is 6.04 Å². The largest absolute Gasteiger partial charge is 0.506 e. The SMILES string of the molecule is COc1cc(OC)c2c(c1)C(=O)N(c1ccccc1O)C2C#N. The Balaban J connectivity index is 2.22. The molecule has 1 N–H and O–H groups in total. The molecule has 116 valence electrons. The predicted molar refractivity (Wildman–Crippen MR) is 82.8 cm³/mol. The summed E-state index contributed by atoms with van der Waals surface area (Å²) in [5.41, 5.74) is 1.08. The van der Waals surface area contributed by atoms with E-state index in [1.165, 1.54) is 25.2 Å². The highest BCUT2D eigenvalue weighted by Gasteiger charge is 2.41. The Morgan fingerprint density at radius 2 is 1.96 bits per heavy atom. The Morgan fingerprint density at radius 1 is 1.22 bits per heavy atom. The number of methoxy groups -OCH3 is 2. The Morgan fingerprint density at radius 3 is 2.57 bits per heavy atom. The molecule has 6 nitrogen and oxygen atoms in total. The number of hydrogen-bond acceptors (Lipinski definition) is 5. The third-order valence-electron chi connectivity index (χ3n) is 3.82. The quantitative estimate of drug-likeness (QED) is 0.942. The monoisotopic (exact) mass is 310 g/mol. The van der Waals surface area contributed by atoms with E-state index in [-0.39, 0.29) is 17.3 Å². The van der Waals surface area contributed by atoms with Gasteiger partial charge in [-0.15, -0.1) is 0 Å². The van der Waals surface area contributed by atoms with Crippen molar-refractivity contribution >= 4 is 11.6 Å². The Labute approximate surface area is 133 Å². The molecule has 1 amide bonds. The van der Waals surface area contributed by atoms with E-state index in [2.05, 4.69) is 6.07 Å². The van der Waals surface area contributed by atoms with E-state index in [0.29, 0.717) is 22.6 Å². The lowest BCUT2D eigenvalue weighted by Gasteiger charge is -2.21. The van der Waals surface area contributed by atoms with E-state index in [1.807, 2.05) is 0 Å². The number of anilines is 1. The Bertz CT molecular complexity index is 826. The number of carbonyl (C=O) groups is 1. The van der Waals surface area contributed by atoms with Gasteiger partial charge >= 0.3 is 0 Å². The first-order valence-corrected chi connectivity index (χ1v) is 6.89. The minimum Gasteiger partial charge on any atom is -0.506 e. The maximum absolute atomic E-state index is 12.8. The minimum atomic E-state index is -0.883. The van der Waals surface area contributed by atoms with Crippen LogP contribution in [0.2, 0.25) is 0 Å². The van der Waals surface area contributed by atoms with Crippen LogP contribution in [0, 0.1) is 11.3 Å². The van der Waals surface area contributed by atoms with E-state index in [0.717, 1.165) is 0 Å². The highest BCUT2D eigenvalue weighted by Crippen LogP contribution is 2.45. The molecule has 1 aliphatic rings. The molecule has 0 fully saturated rings. The summed E-state index contributed by atoms with van der Waals surface area (Å²) in [6, 6.07) is 10.8. The average molecular weight is 310 g/mol. The predicted octanol–water partition coefficient (Wildman–Crippen LogP) is 2.63. The van der Waals surface area contributed by atoms with E-state index in [4.69, 9.17) is 9.47 Å². The lowest BCUT2D eigenvalue weighted by atomic mass is 10.0. The van der Waals surface area contributed by atoms with Gasteiger partial charge in [-0.05, 0) is 18.2 Å². The second-order valence-corrected chi connectivity index (χ2v) is 4.99. The van der Waals surface area contributed by atoms with Gasteiger partial charge < -0.3 is 14.6 Å². The first kappa shape index (κ1) is 14.7. The zero-order valence-electron chi connectivity index (χ0n) is 12.6.